The van der Waals surface area contributed by atoms with Crippen molar-refractivity contribution in [2.24, 2.45) is 5.92 Å². The third-order valence-electron chi connectivity index (χ3n) is 3.97. The Morgan fingerprint density at radius 1 is 1.00 bits per heavy atom. The lowest BCUT2D eigenvalue weighted by Crippen LogP contribution is -2.27. The topological polar surface area (TPSA) is 25.2 Å². The lowest BCUT2D eigenvalue weighted by molar-refractivity contribution is 0.326. The zero-order chi connectivity index (χ0) is 14.4. The Labute approximate surface area is 122 Å². The van der Waals surface area contributed by atoms with Gasteiger partial charge >= 0.3 is 0 Å². The Morgan fingerprint density at radius 3 is 2.25 bits per heavy atom. The second kappa shape index (κ2) is 7.30. The minimum atomic E-state index is 0.386. The number of aryl methyl sites for hydroxylation is 1. The first-order valence-corrected chi connectivity index (χ1v) is 7.58. The smallest absolute Gasteiger partial charge is 0.117 e. The molecule has 0 aliphatic carbocycles. The normalized spacial score (nSPS) is 12.8. The number of rotatable bonds is 7. The van der Waals surface area contributed by atoms with Gasteiger partial charge in [-0.1, -0.05) is 57.0 Å². The first-order chi connectivity index (χ1) is 9.74. The molecule has 0 aliphatic heterocycles. The van der Waals surface area contributed by atoms with E-state index in [4.69, 9.17) is 4.42 Å². The van der Waals surface area contributed by atoms with Crippen LogP contribution in [0.15, 0.2) is 46.9 Å². The summed E-state index contributed by atoms with van der Waals surface area (Å²) in [4.78, 5) is 0. The van der Waals surface area contributed by atoms with Crippen molar-refractivity contribution in [3.05, 3.63) is 59.5 Å². The van der Waals surface area contributed by atoms with E-state index in [-0.39, 0.29) is 0 Å². The summed E-state index contributed by atoms with van der Waals surface area (Å²) in [6.07, 6.45) is 2.36. The van der Waals surface area contributed by atoms with Crippen LogP contribution >= 0.6 is 0 Å². The Kier molecular flexibility index (Phi) is 5.42. The van der Waals surface area contributed by atoms with Crippen molar-refractivity contribution in [2.75, 3.05) is 0 Å². The van der Waals surface area contributed by atoms with Gasteiger partial charge in [-0.15, -0.1) is 0 Å². The molecule has 0 radical (unpaired) electrons. The summed E-state index contributed by atoms with van der Waals surface area (Å²) in [6.45, 7) is 7.30. The summed E-state index contributed by atoms with van der Waals surface area (Å²) in [6, 6.07) is 15.2. The van der Waals surface area contributed by atoms with Crippen molar-refractivity contribution in [2.45, 2.75) is 46.2 Å². The molecule has 20 heavy (non-hydrogen) atoms. The number of hydrogen-bond acceptors (Lipinski definition) is 2. The standard InChI is InChI=1S/C18H25NO/c1-4-15(5-2)18(16-9-7-6-8-10-16)19-13-17-12-11-14(3)20-17/h6-12,15,18-19H,4-5,13H2,1-3H3. The average molecular weight is 271 g/mol. The molecule has 0 saturated carbocycles. The highest BCUT2D eigenvalue weighted by Crippen LogP contribution is 2.27. The summed E-state index contributed by atoms with van der Waals surface area (Å²) in [7, 11) is 0. The lowest BCUT2D eigenvalue weighted by atomic mass is 9.89. The molecule has 1 unspecified atom stereocenters. The fraction of sp³-hybridized carbons (Fsp3) is 0.444. The van der Waals surface area contributed by atoms with E-state index in [0.29, 0.717) is 12.0 Å². The van der Waals surface area contributed by atoms with Gasteiger partial charge in [-0.05, 0) is 30.5 Å². The van der Waals surface area contributed by atoms with E-state index in [1.165, 1.54) is 18.4 Å². The van der Waals surface area contributed by atoms with Crippen molar-refractivity contribution in [3.8, 4) is 0 Å². The van der Waals surface area contributed by atoms with Crippen molar-refractivity contribution >= 4 is 0 Å². The van der Waals surface area contributed by atoms with Crippen LogP contribution in [0.5, 0.6) is 0 Å². The minimum absolute atomic E-state index is 0.386. The van der Waals surface area contributed by atoms with Crippen LogP contribution in [0, 0.1) is 12.8 Å². The SMILES string of the molecule is CCC(CC)C(NCc1ccc(C)o1)c1ccccc1. The largest absolute Gasteiger partial charge is 0.465 e. The molecule has 1 atom stereocenters. The highest BCUT2D eigenvalue weighted by atomic mass is 16.3. The molecule has 0 amide bonds. The van der Waals surface area contributed by atoms with Gasteiger partial charge < -0.3 is 9.73 Å². The molecule has 1 aromatic heterocycles. The number of benzene rings is 1. The van der Waals surface area contributed by atoms with Crippen LogP contribution < -0.4 is 5.32 Å². The van der Waals surface area contributed by atoms with Crippen LogP contribution in [0.1, 0.15) is 49.8 Å². The quantitative estimate of drug-likeness (QED) is 0.778. The zero-order valence-electron chi connectivity index (χ0n) is 12.7. The lowest BCUT2D eigenvalue weighted by Gasteiger charge is -2.26. The van der Waals surface area contributed by atoms with Gasteiger partial charge in [0.15, 0.2) is 0 Å². The van der Waals surface area contributed by atoms with Crippen molar-refractivity contribution in [3.63, 3.8) is 0 Å². The van der Waals surface area contributed by atoms with Gasteiger partial charge in [-0.25, -0.2) is 0 Å². The van der Waals surface area contributed by atoms with Gasteiger partial charge in [0.1, 0.15) is 11.5 Å². The Hall–Kier alpha value is -1.54. The zero-order valence-corrected chi connectivity index (χ0v) is 12.7. The van der Waals surface area contributed by atoms with E-state index in [1.807, 2.05) is 13.0 Å². The maximum Gasteiger partial charge on any atom is 0.117 e. The molecule has 0 fully saturated rings. The number of furan rings is 1. The highest BCUT2D eigenvalue weighted by Gasteiger charge is 2.20. The van der Waals surface area contributed by atoms with Crippen LogP contribution in [0.2, 0.25) is 0 Å². The van der Waals surface area contributed by atoms with E-state index >= 15 is 0 Å². The van der Waals surface area contributed by atoms with Gasteiger partial charge in [-0.3, -0.25) is 0 Å². The minimum Gasteiger partial charge on any atom is -0.465 e. The molecule has 0 spiro atoms. The summed E-state index contributed by atoms with van der Waals surface area (Å²) in [5, 5.41) is 3.67. The molecule has 1 N–H and O–H groups in total. The number of hydrogen-bond donors (Lipinski definition) is 1. The first-order valence-electron chi connectivity index (χ1n) is 7.58. The molecule has 108 valence electrons. The predicted octanol–water partition coefficient (Wildman–Crippen LogP) is 4.86. The second-order valence-corrected chi connectivity index (χ2v) is 5.36. The summed E-state index contributed by atoms with van der Waals surface area (Å²) in [5.41, 5.74) is 1.37. The molecule has 2 rings (SSSR count). The Balaban J connectivity index is 2.10. The van der Waals surface area contributed by atoms with Gasteiger partial charge in [0, 0.05) is 6.04 Å². The van der Waals surface area contributed by atoms with Gasteiger partial charge in [0.05, 0.1) is 6.54 Å². The van der Waals surface area contributed by atoms with E-state index in [1.54, 1.807) is 0 Å². The van der Waals surface area contributed by atoms with E-state index < -0.39 is 0 Å². The third kappa shape index (κ3) is 3.73. The summed E-state index contributed by atoms with van der Waals surface area (Å²) >= 11 is 0. The summed E-state index contributed by atoms with van der Waals surface area (Å²) < 4.78 is 5.65. The molecule has 0 aliphatic rings. The fourth-order valence-electron chi connectivity index (χ4n) is 2.77. The van der Waals surface area contributed by atoms with Crippen molar-refractivity contribution in [1.82, 2.24) is 5.32 Å². The molecule has 1 aromatic carbocycles. The average Bonchev–Trinajstić information content (AvgIpc) is 2.90. The van der Waals surface area contributed by atoms with Crippen LogP contribution in [-0.4, -0.2) is 0 Å². The molecule has 1 heterocycles. The third-order valence-corrected chi connectivity index (χ3v) is 3.97. The molecule has 2 heteroatoms. The maximum atomic E-state index is 5.65. The van der Waals surface area contributed by atoms with Gasteiger partial charge in [0.25, 0.3) is 0 Å². The summed E-state index contributed by atoms with van der Waals surface area (Å²) in [5.74, 6) is 2.63. The maximum absolute atomic E-state index is 5.65. The Morgan fingerprint density at radius 2 is 1.70 bits per heavy atom. The van der Waals surface area contributed by atoms with Crippen LogP contribution in [-0.2, 0) is 6.54 Å². The fourth-order valence-corrected chi connectivity index (χ4v) is 2.77. The molecule has 2 aromatic rings. The van der Waals surface area contributed by atoms with Crippen LogP contribution in [0.3, 0.4) is 0 Å². The molecule has 0 bridgehead atoms. The van der Waals surface area contributed by atoms with Gasteiger partial charge in [-0.2, -0.15) is 0 Å². The monoisotopic (exact) mass is 271 g/mol. The molecule has 0 saturated heterocycles. The molecular formula is C18H25NO. The van der Waals surface area contributed by atoms with Gasteiger partial charge in [0.2, 0.25) is 0 Å². The van der Waals surface area contributed by atoms with E-state index in [0.717, 1.165) is 18.1 Å². The highest BCUT2D eigenvalue weighted by molar-refractivity contribution is 5.20. The van der Waals surface area contributed by atoms with Crippen molar-refractivity contribution < 1.29 is 4.42 Å². The number of nitrogens with one attached hydrogen (secondary N) is 1. The molecule has 2 nitrogen and oxygen atoms in total. The van der Waals surface area contributed by atoms with Crippen LogP contribution in [0.25, 0.3) is 0 Å². The van der Waals surface area contributed by atoms with E-state index in [2.05, 4.69) is 55.6 Å². The second-order valence-electron chi connectivity index (χ2n) is 5.36. The van der Waals surface area contributed by atoms with E-state index in [9.17, 15) is 0 Å². The predicted molar refractivity (Wildman–Crippen MR) is 83.5 cm³/mol. The molecular weight excluding hydrogens is 246 g/mol. The van der Waals surface area contributed by atoms with Crippen molar-refractivity contribution in [1.29, 1.82) is 0 Å². The Bertz CT molecular complexity index is 499. The van der Waals surface area contributed by atoms with Crippen LogP contribution in [0.4, 0.5) is 0 Å². The first kappa shape index (κ1) is 14.9.